The van der Waals surface area contributed by atoms with Crippen LogP contribution in [0.15, 0.2) is 41.8 Å². The molecule has 0 aliphatic carbocycles. The van der Waals surface area contributed by atoms with Gasteiger partial charge in [-0.1, -0.05) is 5.16 Å². The van der Waals surface area contributed by atoms with Gasteiger partial charge in [-0.3, -0.25) is 4.68 Å². The number of hydrogen-bond donors (Lipinski definition) is 3. The summed E-state index contributed by atoms with van der Waals surface area (Å²) in [5.41, 5.74) is 6.54. The Kier molecular flexibility index (Phi) is 4.67. The molecule has 7 heteroatoms. The molecular formula is C13H16FN5O. The first-order valence-electron chi connectivity index (χ1n) is 6.14. The van der Waals surface area contributed by atoms with Gasteiger partial charge >= 0.3 is 0 Å². The van der Waals surface area contributed by atoms with Crippen LogP contribution in [-0.2, 0) is 13.1 Å². The van der Waals surface area contributed by atoms with Crippen LogP contribution in [0.2, 0.25) is 0 Å². The zero-order valence-electron chi connectivity index (χ0n) is 10.8. The fourth-order valence-corrected chi connectivity index (χ4v) is 1.82. The molecule has 1 heterocycles. The molecule has 0 saturated heterocycles. The van der Waals surface area contributed by atoms with E-state index in [1.54, 1.807) is 16.9 Å². The highest BCUT2D eigenvalue weighted by molar-refractivity contribution is 5.97. The lowest BCUT2D eigenvalue weighted by Gasteiger charge is -2.07. The van der Waals surface area contributed by atoms with Crippen LogP contribution in [0.25, 0.3) is 0 Å². The van der Waals surface area contributed by atoms with Gasteiger partial charge in [0.2, 0.25) is 0 Å². The molecule has 0 amide bonds. The van der Waals surface area contributed by atoms with Crippen LogP contribution in [0.1, 0.15) is 11.1 Å². The number of benzene rings is 1. The van der Waals surface area contributed by atoms with Gasteiger partial charge < -0.3 is 16.3 Å². The zero-order valence-corrected chi connectivity index (χ0v) is 10.8. The van der Waals surface area contributed by atoms with Crippen molar-refractivity contribution in [2.45, 2.75) is 13.1 Å². The molecule has 0 aliphatic rings. The molecule has 0 atom stereocenters. The van der Waals surface area contributed by atoms with Crippen molar-refractivity contribution >= 4 is 5.84 Å². The van der Waals surface area contributed by atoms with E-state index in [2.05, 4.69) is 15.6 Å². The van der Waals surface area contributed by atoms with Gasteiger partial charge in [-0.25, -0.2) is 4.39 Å². The van der Waals surface area contributed by atoms with Crippen molar-refractivity contribution in [3.05, 3.63) is 53.6 Å². The number of amidine groups is 1. The smallest absolute Gasteiger partial charge is 0.170 e. The van der Waals surface area contributed by atoms with E-state index in [4.69, 9.17) is 10.9 Å². The molecule has 1 aromatic carbocycles. The predicted molar refractivity (Wildman–Crippen MR) is 72.8 cm³/mol. The van der Waals surface area contributed by atoms with Gasteiger partial charge in [0, 0.05) is 31.0 Å². The second-order valence-corrected chi connectivity index (χ2v) is 4.28. The molecule has 4 N–H and O–H groups in total. The van der Waals surface area contributed by atoms with Crippen molar-refractivity contribution in [3.8, 4) is 0 Å². The minimum Gasteiger partial charge on any atom is -0.409 e. The van der Waals surface area contributed by atoms with Crippen molar-refractivity contribution in [1.29, 1.82) is 0 Å². The minimum atomic E-state index is -0.419. The van der Waals surface area contributed by atoms with E-state index in [9.17, 15) is 4.39 Å². The molecular weight excluding hydrogens is 261 g/mol. The van der Waals surface area contributed by atoms with E-state index in [1.165, 1.54) is 12.1 Å². The summed E-state index contributed by atoms with van der Waals surface area (Å²) in [7, 11) is 0. The van der Waals surface area contributed by atoms with Gasteiger partial charge in [-0.15, -0.1) is 0 Å². The largest absolute Gasteiger partial charge is 0.409 e. The highest BCUT2D eigenvalue weighted by Gasteiger charge is 2.04. The molecule has 0 fully saturated rings. The molecule has 0 bridgehead atoms. The van der Waals surface area contributed by atoms with Crippen LogP contribution >= 0.6 is 0 Å². The topological polar surface area (TPSA) is 88.5 Å². The second kappa shape index (κ2) is 6.67. The highest BCUT2D eigenvalue weighted by Crippen LogP contribution is 2.09. The van der Waals surface area contributed by atoms with Crippen LogP contribution < -0.4 is 11.1 Å². The van der Waals surface area contributed by atoms with Crippen molar-refractivity contribution in [2.24, 2.45) is 10.9 Å². The van der Waals surface area contributed by atoms with Gasteiger partial charge in [-0.2, -0.15) is 5.10 Å². The van der Waals surface area contributed by atoms with Gasteiger partial charge in [0.25, 0.3) is 0 Å². The summed E-state index contributed by atoms with van der Waals surface area (Å²) >= 11 is 0. The Labute approximate surface area is 115 Å². The van der Waals surface area contributed by atoms with Crippen LogP contribution in [0.4, 0.5) is 4.39 Å². The Bertz CT molecular complexity index is 582. The van der Waals surface area contributed by atoms with Crippen LogP contribution in [-0.4, -0.2) is 27.4 Å². The third-order valence-electron chi connectivity index (χ3n) is 2.77. The lowest BCUT2D eigenvalue weighted by Crippen LogP contribution is -2.20. The summed E-state index contributed by atoms with van der Waals surface area (Å²) < 4.78 is 15.2. The molecule has 2 rings (SSSR count). The van der Waals surface area contributed by atoms with E-state index >= 15 is 0 Å². The maximum Gasteiger partial charge on any atom is 0.170 e. The first kappa shape index (κ1) is 14.0. The number of rotatable bonds is 6. The molecule has 2 aromatic rings. The maximum atomic E-state index is 13.4. The SMILES string of the molecule is N/C(=N/O)c1cc(F)cc(CNCCn2cccn2)c1. The number of halogens is 1. The summed E-state index contributed by atoms with van der Waals surface area (Å²) in [6.07, 6.45) is 3.59. The van der Waals surface area contributed by atoms with Gasteiger partial charge in [-0.05, 0) is 29.8 Å². The number of nitrogens with zero attached hydrogens (tertiary/aromatic N) is 3. The van der Waals surface area contributed by atoms with Gasteiger partial charge in [0.1, 0.15) is 5.82 Å². The Morgan fingerprint density at radius 3 is 3.00 bits per heavy atom. The zero-order chi connectivity index (χ0) is 14.4. The first-order chi connectivity index (χ1) is 9.69. The van der Waals surface area contributed by atoms with E-state index in [-0.39, 0.29) is 5.84 Å². The highest BCUT2D eigenvalue weighted by atomic mass is 19.1. The average Bonchev–Trinajstić information content (AvgIpc) is 2.95. The third kappa shape index (κ3) is 3.79. The van der Waals surface area contributed by atoms with Crippen molar-refractivity contribution < 1.29 is 9.60 Å². The number of hydrogen-bond acceptors (Lipinski definition) is 4. The normalized spacial score (nSPS) is 11.8. The quantitative estimate of drug-likeness (QED) is 0.241. The monoisotopic (exact) mass is 277 g/mol. The standard InChI is InChI=1S/C13H16FN5O/c14-12-7-10(6-11(8-12)13(15)18-20)9-16-3-5-19-4-1-2-17-19/h1-2,4,6-8,16,20H,3,5,9H2,(H2,15,18). The van der Waals surface area contributed by atoms with Gasteiger partial charge in [0.15, 0.2) is 5.84 Å². The average molecular weight is 277 g/mol. The van der Waals surface area contributed by atoms with Crippen LogP contribution in [0.3, 0.4) is 0 Å². The summed E-state index contributed by atoms with van der Waals surface area (Å²) in [5.74, 6) is -0.528. The van der Waals surface area contributed by atoms with Crippen LogP contribution in [0.5, 0.6) is 0 Å². The molecule has 0 aliphatic heterocycles. The fourth-order valence-electron chi connectivity index (χ4n) is 1.82. The summed E-state index contributed by atoms with van der Waals surface area (Å²) in [6.45, 7) is 1.93. The van der Waals surface area contributed by atoms with E-state index < -0.39 is 5.82 Å². The first-order valence-corrected chi connectivity index (χ1v) is 6.14. The number of aromatic nitrogens is 2. The van der Waals surface area contributed by atoms with Gasteiger partial charge in [0.05, 0.1) is 6.54 Å². The third-order valence-corrected chi connectivity index (χ3v) is 2.77. The second-order valence-electron chi connectivity index (χ2n) is 4.28. The number of nitrogens with one attached hydrogen (secondary N) is 1. The van der Waals surface area contributed by atoms with E-state index in [1.807, 2.05) is 12.3 Å². The molecule has 0 unspecified atom stereocenters. The number of nitrogens with two attached hydrogens (primary N) is 1. The summed E-state index contributed by atoms with van der Waals surface area (Å²) in [5, 5.41) is 18.7. The lowest BCUT2D eigenvalue weighted by atomic mass is 10.1. The van der Waals surface area contributed by atoms with Crippen molar-refractivity contribution in [1.82, 2.24) is 15.1 Å². The lowest BCUT2D eigenvalue weighted by molar-refractivity contribution is 0.318. The molecule has 1 aromatic heterocycles. The molecule has 6 nitrogen and oxygen atoms in total. The van der Waals surface area contributed by atoms with E-state index in [0.717, 1.165) is 12.1 Å². The summed E-state index contributed by atoms with van der Waals surface area (Å²) in [6, 6.07) is 6.17. The Hall–Kier alpha value is -2.41. The number of oxime groups is 1. The minimum absolute atomic E-state index is 0.109. The van der Waals surface area contributed by atoms with Crippen LogP contribution in [0, 0.1) is 5.82 Å². The molecule has 0 radical (unpaired) electrons. The predicted octanol–water partition coefficient (Wildman–Crippen LogP) is 0.906. The van der Waals surface area contributed by atoms with E-state index in [0.29, 0.717) is 18.7 Å². The molecule has 0 spiro atoms. The molecule has 106 valence electrons. The molecule has 20 heavy (non-hydrogen) atoms. The van der Waals surface area contributed by atoms with Crippen molar-refractivity contribution in [2.75, 3.05) is 6.54 Å². The summed E-state index contributed by atoms with van der Waals surface area (Å²) in [4.78, 5) is 0. The fraction of sp³-hybridized carbons (Fsp3) is 0.231. The Morgan fingerprint density at radius 2 is 2.30 bits per heavy atom. The Morgan fingerprint density at radius 1 is 1.45 bits per heavy atom. The Balaban J connectivity index is 1.90. The molecule has 0 saturated carbocycles. The maximum absolute atomic E-state index is 13.4. The van der Waals surface area contributed by atoms with Crippen molar-refractivity contribution in [3.63, 3.8) is 0 Å².